The first-order valence-corrected chi connectivity index (χ1v) is 7.94. The second-order valence-corrected chi connectivity index (χ2v) is 6.49. The minimum atomic E-state index is -0.554. The maximum atomic E-state index is 11.5. The highest BCUT2D eigenvalue weighted by atomic mass is 35.5. The molecule has 5 nitrogen and oxygen atoms in total. The smallest absolute Gasteiger partial charge is 0.204 e. The Kier molecular flexibility index (Phi) is 4.20. The molecule has 0 aliphatic rings. The van der Waals surface area contributed by atoms with Crippen LogP contribution >= 0.6 is 11.6 Å². The first-order chi connectivity index (χ1) is 11.4. The molecule has 1 aromatic heterocycles. The lowest BCUT2D eigenvalue weighted by atomic mass is 9.95. The van der Waals surface area contributed by atoms with E-state index in [0.29, 0.717) is 16.4 Å². The molecule has 0 N–H and O–H groups in total. The Hall–Kier alpha value is -2.53. The van der Waals surface area contributed by atoms with Crippen molar-refractivity contribution in [2.24, 2.45) is 0 Å². The van der Waals surface area contributed by atoms with Crippen LogP contribution in [-0.4, -0.2) is 26.0 Å². The van der Waals surface area contributed by atoms with Crippen molar-refractivity contribution in [2.45, 2.75) is 26.3 Å². The van der Waals surface area contributed by atoms with Gasteiger partial charge in [0.05, 0.1) is 0 Å². The minimum absolute atomic E-state index is 0.000592. The number of benzene rings is 2. The van der Waals surface area contributed by atoms with E-state index < -0.39 is 5.54 Å². The van der Waals surface area contributed by atoms with Gasteiger partial charge in [0.25, 0.3) is 0 Å². The summed E-state index contributed by atoms with van der Waals surface area (Å²) in [6, 6.07) is 14.8. The summed E-state index contributed by atoms with van der Waals surface area (Å²) < 4.78 is 0. The summed E-state index contributed by atoms with van der Waals surface area (Å²) in [7, 11) is 0. The van der Waals surface area contributed by atoms with Crippen molar-refractivity contribution < 1.29 is 4.79 Å². The second kappa shape index (κ2) is 6.17. The van der Waals surface area contributed by atoms with E-state index in [1.165, 1.54) is 6.92 Å². The molecule has 1 heterocycles. The van der Waals surface area contributed by atoms with E-state index in [9.17, 15) is 4.79 Å². The predicted octanol–water partition coefficient (Wildman–Crippen LogP) is 3.98. The average molecular weight is 341 g/mol. The number of carbonyl (C=O) groups excluding carboxylic acids is 1. The van der Waals surface area contributed by atoms with Crippen LogP contribution in [0.2, 0.25) is 5.02 Å². The lowest BCUT2D eigenvalue weighted by molar-refractivity contribution is 0.101. The molecule has 0 unspecified atom stereocenters. The summed E-state index contributed by atoms with van der Waals surface area (Å²) >= 11 is 6.31. The van der Waals surface area contributed by atoms with Gasteiger partial charge in [-0.05, 0) is 43.7 Å². The van der Waals surface area contributed by atoms with Crippen LogP contribution in [-0.2, 0) is 5.54 Å². The largest absolute Gasteiger partial charge is 0.295 e. The lowest BCUT2D eigenvalue weighted by Crippen LogP contribution is -2.30. The molecule has 0 aliphatic carbocycles. The summed E-state index contributed by atoms with van der Waals surface area (Å²) in [6.45, 7) is 5.49. The van der Waals surface area contributed by atoms with Crippen molar-refractivity contribution in [1.29, 1.82) is 0 Å². The molecular weight excluding hydrogens is 324 g/mol. The Balaban J connectivity index is 2.00. The molecule has 0 spiro atoms. The number of hydrogen-bond donors (Lipinski definition) is 0. The minimum Gasteiger partial charge on any atom is -0.295 e. The van der Waals surface area contributed by atoms with E-state index in [1.807, 2.05) is 50.2 Å². The molecule has 6 heteroatoms. The van der Waals surface area contributed by atoms with Crippen LogP contribution in [0.3, 0.4) is 0 Å². The van der Waals surface area contributed by atoms with Gasteiger partial charge in [-0.1, -0.05) is 48.0 Å². The molecule has 122 valence electrons. The van der Waals surface area contributed by atoms with Crippen molar-refractivity contribution in [3.8, 4) is 11.4 Å². The van der Waals surface area contributed by atoms with Crippen LogP contribution in [0.5, 0.6) is 0 Å². The van der Waals surface area contributed by atoms with Gasteiger partial charge in [-0.25, -0.2) is 0 Å². The quantitative estimate of drug-likeness (QED) is 0.674. The summed E-state index contributed by atoms with van der Waals surface area (Å²) in [5.74, 6) is 0.471. The number of carbonyl (C=O) groups is 1. The highest BCUT2D eigenvalue weighted by Gasteiger charge is 2.28. The first-order valence-electron chi connectivity index (χ1n) is 7.56. The highest BCUT2D eigenvalue weighted by molar-refractivity contribution is 6.31. The van der Waals surface area contributed by atoms with E-state index in [2.05, 4.69) is 15.4 Å². The fraction of sp³-hybridized carbons (Fsp3) is 0.222. The third-order valence-electron chi connectivity index (χ3n) is 3.97. The fourth-order valence-corrected chi connectivity index (χ4v) is 2.88. The van der Waals surface area contributed by atoms with Gasteiger partial charge in [0, 0.05) is 16.1 Å². The lowest BCUT2D eigenvalue weighted by Gasteiger charge is -2.24. The zero-order chi connectivity index (χ0) is 17.3. The monoisotopic (exact) mass is 340 g/mol. The highest BCUT2D eigenvalue weighted by Crippen LogP contribution is 2.30. The number of aromatic nitrogens is 4. The zero-order valence-corrected chi connectivity index (χ0v) is 14.4. The molecule has 0 amide bonds. The van der Waals surface area contributed by atoms with E-state index in [-0.39, 0.29) is 5.78 Å². The maximum absolute atomic E-state index is 11.5. The van der Waals surface area contributed by atoms with Crippen LogP contribution in [0.1, 0.15) is 36.7 Å². The van der Waals surface area contributed by atoms with Crippen LogP contribution in [0.4, 0.5) is 0 Å². The SMILES string of the molecule is CC(=O)c1cccc(-c2nnn(C(C)(C)c3ccccc3Cl)n2)c1. The predicted molar refractivity (Wildman–Crippen MR) is 93.1 cm³/mol. The van der Waals surface area contributed by atoms with E-state index in [0.717, 1.165) is 11.1 Å². The fourth-order valence-electron chi connectivity index (χ4n) is 2.51. The molecule has 0 aliphatic heterocycles. The molecule has 0 atom stereocenters. The summed E-state index contributed by atoms with van der Waals surface area (Å²) in [6.07, 6.45) is 0. The molecule has 0 saturated heterocycles. The van der Waals surface area contributed by atoms with Crippen molar-refractivity contribution in [2.75, 3.05) is 0 Å². The summed E-state index contributed by atoms with van der Waals surface area (Å²) in [4.78, 5) is 13.1. The third-order valence-corrected chi connectivity index (χ3v) is 4.30. The topological polar surface area (TPSA) is 60.7 Å². The Morgan fingerprint density at radius 3 is 2.58 bits per heavy atom. The van der Waals surface area contributed by atoms with Gasteiger partial charge in [0.1, 0.15) is 5.54 Å². The van der Waals surface area contributed by atoms with E-state index >= 15 is 0 Å². The molecule has 0 fully saturated rings. The van der Waals surface area contributed by atoms with E-state index in [4.69, 9.17) is 11.6 Å². The number of Topliss-reactive ketones (excluding diaryl/α,β-unsaturated/α-hetero) is 1. The van der Waals surface area contributed by atoms with Gasteiger partial charge in [-0.3, -0.25) is 4.79 Å². The third kappa shape index (κ3) is 2.95. The molecular formula is C18H17ClN4O. The van der Waals surface area contributed by atoms with Gasteiger partial charge < -0.3 is 0 Å². The molecule has 0 radical (unpaired) electrons. The Bertz CT molecular complexity index is 901. The molecule has 3 aromatic rings. The molecule has 24 heavy (non-hydrogen) atoms. The van der Waals surface area contributed by atoms with Gasteiger partial charge in [0.2, 0.25) is 5.82 Å². The average Bonchev–Trinajstić information content (AvgIpc) is 3.06. The Labute approximate surface area is 145 Å². The second-order valence-electron chi connectivity index (χ2n) is 6.08. The Morgan fingerprint density at radius 2 is 1.88 bits per heavy atom. The van der Waals surface area contributed by atoms with Crippen LogP contribution in [0.15, 0.2) is 48.5 Å². The van der Waals surface area contributed by atoms with Crippen LogP contribution in [0.25, 0.3) is 11.4 Å². The van der Waals surface area contributed by atoms with Gasteiger partial charge in [0.15, 0.2) is 5.78 Å². The number of tetrazole rings is 1. The number of ketones is 1. The number of nitrogens with zero attached hydrogens (tertiary/aromatic N) is 4. The standard InChI is InChI=1S/C18H17ClN4O/c1-12(24)13-7-6-8-14(11-13)17-20-22-23(21-17)18(2,3)15-9-4-5-10-16(15)19/h4-11H,1-3H3. The van der Waals surface area contributed by atoms with Crippen molar-refractivity contribution in [3.05, 3.63) is 64.7 Å². The molecule has 0 saturated carbocycles. The summed E-state index contributed by atoms with van der Waals surface area (Å²) in [5, 5.41) is 13.5. The molecule has 3 rings (SSSR count). The van der Waals surface area contributed by atoms with Crippen LogP contribution in [0, 0.1) is 0 Å². The zero-order valence-electron chi connectivity index (χ0n) is 13.7. The van der Waals surface area contributed by atoms with Crippen LogP contribution < -0.4 is 0 Å². The number of hydrogen-bond acceptors (Lipinski definition) is 4. The molecule has 2 aromatic carbocycles. The summed E-state index contributed by atoms with van der Waals surface area (Å²) in [5.41, 5.74) is 1.73. The Morgan fingerprint density at radius 1 is 1.12 bits per heavy atom. The van der Waals surface area contributed by atoms with Crippen molar-refractivity contribution in [1.82, 2.24) is 20.2 Å². The first kappa shape index (κ1) is 16.3. The van der Waals surface area contributed by atoms with E-state index in [1.54, 1.807) is 16.9 Å². The number of halogens is 1. The normalized spacial score (nSPS) is 11.5. The van der Waals surface area contributed by atoms with Gasteiger partial charge in [-0.2, -0.15) is 4.80 Å². The molecule has 0 bridgehead atoms. The maximum Gasteiger partial charge on any atom is 0.204 e. The van der Waals surface area contributed by atoms with Gasteiger partial charge >= 0.3 is 0 Å². The van der Waals surface area contributed by atoms with Gasteiger partial charge in [-0.15, -0.1) is 10.2 Å². The number of rotatable bonds is 4. The van der Waals surface area contributed by atoms with Crippen molar-refractivity contribution >= 4 is 17.4 Å². The van der Waals surface area contributed by atoms with Crippen molar-refractivity contribution in [3.63, 3.8) is 0 Å².